The molecule has 0 radical (unpaired) electrons. The van der Waals surface area contributed by atoms with Gasteiger partial charge in [0.2, 0.25) is 5.91 Å². The Kier molecular flexibility index (Phi) is 7.32. The number of aromatic nitrogens is 1. The number of amides is 1. The lowest BCUT2D eigenvalue weighted by molar-refractivity contribution is -0.120. The molecule has 1 aromatic heterocycles. The fourth-order valence-corrected chi connectivity index (χ4v) is 3.83. The van der Waals surface area contributed by atoms with E-state index in [-0.39, 0.29) is 17.0 Å². The van der Waals surface area contributed by atoms with Gasteiger partial charge in [-0.3, -0.25) is 4.79 Å². The van der Waals surface area contributed by atoms with Gasteiger partial charge in [0.1, 0.15) is 11.8 Å². The normalized spacial score (nSPS) is 16.3. The molecule has 3 rings (SSSR count). The third-order valence-corrected chi connectivity index (χ3v) is 5.63. The van der Waals surface area contributed by atoms with Crippen molar-refractivity contribution in [2.24, 2.45) is 10.5 Å². The Balaban J connectivity index is 2.05. The molecular weight excluding hydrogens is 416 g/mol. The average molecular weight is 445 g/mol. The molecule has 0 bridgehead atoms. The number of carbonyl (C=O) groups excluding carboxylic acids is 1. The van der Waals surface area contributed by atoms with Crippen LogP contribution in [0.4, 0.5) is 5.69 Å². The van der Waals surface area contributed by atoms with Gasteiger partial charge in [-0.05, 0) is 52.7 Å². The number of nitrogens with zero attached hydrogens (tertiary/aromatic N) is 4. The molecule has 0 saturated heterocycles. The topological polar surface area (TPSA) is 69.3 Å². The van der Waals surface area contributed by atoms with Crippen LogP contribution in [0.15, 0.2) is 54.3 Å². The fraction of sp³-hybridized carbons (Fsp3) is 0.308. The summed E-state index contributed by atoms with van der Waals surface area (Å²) in [4.78, 5) is 17.3. The first-order chi connectivity index (χ1) is 15.2. The van der Waals surface area contributed by atoms with Gasteiger partial charge in [-0.25, -0.2) is 4.98 Å². The lowest BCUT2D eigenvalue weighted by atomic mass is 9.91. The summed E-state index contributed by atoms with van der Waals surface area (Å²) in [7, 11) is 0. The predicted octanol–water partition coefficient (Wildman–Crippen LogP) is 5.72. The van der Waals surface area contributed by atoms with Crippen molar-refractivity contribution in [1.29, 1.82) is 5.26 Å². The molecule has 2 heterocycles. The van der Waals surface area contributed by atoms with Crippen molar-refractivity contribution in [3.8, 4) is 6.07 Å². The summed E-state index contributed by atoms with van der Waals surface area (Å²) in [5.41, 5.74) is 5.09. The van der Waals surface area contributed by atoms with Crippen LogP contribution in [0.5, 0.6) is 0 Å². The molecule has 0 unspecified atom stereocenters. The molecule has 1 amide bonds. The zero-order chi connectivity index (χ0) is 23.3. The maximum absolute atomic E-state index is 13.2. The molecule has 0 atom stereocenters. The van der Waals surface area contributed by atoms with Gasteiger partial charge >= 0.3 is 0 Å². The molecule has 2 aromatic rings. The number of benzene rings is 1. The molecular formula is C26H28N4OS. The van der Waals surface area contributed by atoms with E-state index >= 15 is 0 Å². The SMILES string of the molecule is C=C1/C=C(c2ccc(CCSC)cc2)\C=N/N(C(=O)CC(C)(C)C)c2cnc(C#N)cc21. The van der Waals surface area contributed by atoms with Crippen LogP contribution in [0.25, 0.3) is 11.1 Å². The van der Waals surface area contributed by atoms with E-state index in [9.17, 15) is 10.1 Å². The monoisotopic (exact) mass is 444 g/mol. The van der Waals surface area contributed by atoms with Gasteiger partial charge in [-0.15, -0.1) is 0 Å². The van der Waals surface area contributed by atoms with E-state index in [4.69, 9.17) is 0 Å². The van der Waals surface area contributed by atoms with E-state index < -0.39 is 0 Å². The predicted molar refractivity (Wildman–Crippen MR) is 135 cm³/mol. The van der Waals surface area contributed by atoms with Gasteiger partial charge in [0, 0.05) is 17.6 Å². The van der Waals surface area contributed by atoms with E-state index in [1.54, 1.807) is 12.3 Å². The van der Waals surface area contributed by atoms with Crippen LogP contribution in [0, 0.1) is 16.7 Å². The Morgan fingerprint density at radius 3 is 2.59 bits per heavy atom. The highest BCUT2D eigenvalue weighted by Gasteiger charge is 2.26. The number of pyridine rings is 1. The number of fused-ring (bicyclic) bond motifs is 1. The molecule has 6 heteroatoms. The van der Waals surface area contributed by atoms with Crippen molar-refractivity contribution >= 4 is 40.7 Å². The smallest absolute Gasteiger partial charge is 0.247 e. The maximum Gasteiger partial charge on any atom is 0.247 e. The number of anilines is 1. The second-order valence-corrected chi connectivity index (χ2v) is 9.94. The minimum atomic E-state index is -0.197. The molecule has 1 aliphatic rings. The van der Waals surface area contributed by atoms with Crippen molar-refractivity contribution in [3.63, 3.8) is 0 Å². The summed E-state index contributed by atoms with van der Waals surface area (Å²) in [6, 6.07) is 12.1. The highest BCUT2D eigenvalue weighted by atomic mass is 32.2. The van der Waals surface area contributed by atoms with Crippen LogP contribution in [0.1, 0.15) is 49.6 Å². The lowest BCUT2D eigenvalue weighted by Crippen LogP contribution is -2.30. The van der Waals surface area contributed by atoms with Gasteiger partial charge in [0.05, 0.1) is 18.1 Å². The molecule has 0 N–H and O–H groups in total. The van der Waals surface area contributed by atoms with Gasteiger partial charge in [-0.2, -0.15) is 27.1 Å². The number of hydrogen-bond donors (Lipinski definition) is 0. The first-order valence-corrected chi connectivity index (χ1v) is 11.9. The number of allylic oxidation sites excluding steroid dienone is 3. The number of thioether (sulfide) groups is 1. The van der Waals surface area contributed by atoms with Gasteiger partial charge in [0.25, 0.3) is 0 Å². The van der Waals surface area contributed by atoms with Crippen molar-refractivity contribution in [2.75, 3.05) is 17.0 Å². The summed E-state index contributed by atoms with van der Waals surface area (Å²) in [6.07, 6.45) is 8.60. The number of rotatable bonds is 5. The van der Waals surface area contributed by atoms with Crippen molar-refractivity contribution in [3.05, 3.63) is 71.6 Å². The van der Waals surface area contributed by atoms with Crippen molar-refractivity contribution in [2.45, 2.75) is 33.6 Å². The van der Waals surface area contributed by atoms with Crippen LogP contribution in [-0.2, 0) is 11.2 Å². The lowest BCUT2D eigenvalue weighted by Gasteiger charge is -2.26. The molecule has 0 aliphatic carbocycles. The fourth-order valence-electron chi connectivity index (χ4n) is 3.39. The van der Waals surface area contributed by atoms with Crippen LogP contribution >= 0.6 is 11.8 Å². The molecule has 0 spiro atoms. The molecule has 5 nitrogen and oxygen atoms in total. The average Bonchev–Trinajstić information content (AvgIpc) is 2.75. The molecule has 32 heavy (non-hydrogen) atoms. The minimum Gasteiger partial charge on any atom is -0.273 e. The molecule has 0 fully saturated rings. The third-order valence-electron chi connectivity index (χ3n) is 5.01. The Hall–Kier alpha value is -3.17. The zero-order valence-corrected chi connectivity index (χ0v) is 19.9. The van der Waals surface area contributed by atoms with E-state index in [2.05, 4.69) is 53.3 Å². The third kappa shape index (κ3) is 5.74. The quantitative estimate of drug-likeness (QED) is 0.591. The van der Waals surface area contributed by atoms with Crippen molar-refractivity contribution in [1.82, 2.24) is 4.98 Å². The Bertz CT molecular complexity index is 1120. The van der Waals surface area contributed by atoms with Crippen LogP contribution in [0.2, 0.25) is 0 Å². The van der Waals surface area contributed by atoms with E-state index in [0.717, 1.165) is 23.3 Å². The maximum atomic E-state index is 13.2. The van der Waals surface area contributed by atoms with E-state index in [0.29, 0.717) is 23.2 Å². The number of nitriles is 1. The Morgan fingerprint density at radius 1 is 1.25 bits per heavy atom. The first-order valence-electron chi connectivity index (χ1n) is 10.5. The summed E-state index contributed by atoms with van der Waals surface area (Å²) in [5, 5.41) is 15.3. The molecule has 0 saturated carbocycles. The summed E-state index contributed by atoms with van der Waals surface area (Å²) >= 11 is 1.83. The van der Waals surface area contributed by atoms with Crippen LogP contribution in [-0.4, -0.2) is 29.1 Å². The summed E-state index contributed by atoms with van der Waals surface area (Å²) < 4.78 is 0. The largest absolute Gasteiger partial charge is 0.273 e. The second-order valence-electron chi connectivity index (χ2n) is 8.95. The van der Waals surface area contributed by atoms with Gasteiger partial charge < -0.3 is 0 Å². The molecule has 1 aromatic carbocycles. The molecule has 164 valence electrons. The van der Waals surface area contributed by atoms with Crippen LogP contribution < -0.4 is 5.01 Å². The van der Waals surface area contributed by atoms with Crippen molar-refractivity contribution < 1.29 is 4.79 Å². The number of carbonyl (C=O) groups is 1. The highest BCUT2D eigenvalue weighted by molar-refractivity contribution is 7.98. The first kappa shape index (κ1) is 23.5. The number of hydrazone groups is 1. The van der Waals surface area contributed by atoms with Gasteiger partial charge in [-0.1, -0.05) is 51.6 Å². The van der Waals surface area contributed by atoms with Crippen LogP contribution in [0.3, 0.4) is 0 Å². The summed E-state index contributed by atoms with van der Waals surface area (Å²) in [5.74, 6) is 0.944. The summed E-state index contributed by atoms with van der Waals surface area (Å²) in [6.45, 7) is 10.3. The Labute approximate surface area is 194 Å². The second kappa shape index (κ2) is 9.97. The van der Waals surface area contributed by atoms with E-state index in [1.807, 2.05) is 38.6 Å². The molecule has 1 aliphatic heterocycles. The highest BCUT2D eigenvalue weighted by Crippen LogP contribution is 2.33. The Morgan fingerprint density at radius 2 is 1.97 bits per heavy atom. The number of aryl methyl sites for hydroxylation is 1. The van der Waals surface area contributed by atoms with Gasteiger partial charge in [0.15, 0.2) is 0 Å². The zero-order valence-electron chi connectivity index (χ0n) is 19.1. The van der Waals surface area contributed by atoms with E-state index in [1.165, 1.54) is 16.8 Å². The number of hydrogen-bond acceptors (Lipinski definition) is 5. The standard InChI is InChI=1S/C26H28N4OS/c1-18-12-21(20-8-6-19(7-9-20)10-11-32-5)16-29-30(25(31)14-26(2,3)4)24-17-28-22(15-27)13-23(18)24/h6-9,12-13,16-17H,1,10-11,14H2,2-5H3/b21-12+,29-16-. The minimum absolute atomic E-state index is 0.136.